The second-order valence-corrected chi connectivity index (χ2v) is 8.85. The monoisotopic (exact) mass is 412 g/mol. The van der Waals surface area contributed by atoms with Gasteiger partial charge in [0.2, 0.25) is 11.7 Å². The Bertz CT molecular complexity index is 590. The van der Waals surface area contributed by atoms with Crippen LogP contribution in [0.1, 0.15) is 52.4 Å². The summed E-state index contributed by atoms with van der Waals surface area (Å²) in [5, 5.41) is 16.5. The predicted molar refractivity (Wildman–Crippen MR) is 110 cm³/mol. The lowest BCUT2D eigenvalue weighted by Gasteiger charge is -2.25. The third-order valence-corrected chi connectivity index (χ3v) is 6.02. The van der Waals surface area contributed by atoms with Crippen LogP contribution in [-0.4, -0.2) is 64.3 Å². The zero-order valence-electron chi connectivity index (χ0n) is 16.8. The van der Waals surface area contributed by atoms with Gasteiger partial charge in [0.1, 0.15) is 0 Å². The van der Waals surface area contributed by atoms with E-state index in [0.717, 1.165) is 44.4 Å². The van der Waals surface area contributed by atoms with Gasteiger partial charge < -0.3 is 15.3 Å². The summed E-state index contributed by atoms with van der Waals surface area (Å²) in [4.78, 5) is 39.4. The number of Topliss-reactive ketones (excluding diaryl/α,β-unsaturated/α-hetero) is 1. The lowest BCUT2D eigenvalue weighted by atomic mass is 9.88. The number of ketones is 1. The van der Waals surface area contributed by atoms with Crippen LogP contribution in [0.3, 0.4) is 0 Å². The number of amidine groups is 1. The van der Waals surface area contributed by atoms with Crippen molar-refractivity contribution in [3.05, 3.63) is 0 Å². The minimum absolute atomic E-state index is 0.00385. The van der Waals surface area contributed by atoms with E-state index in [9.17, 15) is 14.4 Å². The van der Waals surface area contributed by atoms with Crippen LogP contribution in [-0.2, 0) is 14.4 Å². The van der Waals surface area contributed by atoms with E-state index in [1.54, 1.807) is 0 Å². The SMILES string of the molecule is CC(C)C[C@H](NC(=O)C1CCCCC1)C(=O)C(=O)N/N=C1\SCCN1CCO. The van der Waals surface area contributed by atoms with Crippen molar-refractivity contribution >= 4 is 34.5 Å². The minimum Gasteiger partial charge on any atom is -0.395 e. The first-order valence-corrected chi connectivity index (χ1v) is 11.1. The van der Waals surface area contributed by atoms with Crippen LogP contribution in [0.25, 0.3) is 0 Å². The molecule has 0 bridgehead atoms. The van der Waals surface area contributed by atoms with Gasteiger partial charge in [-0.2, -0.15) is 0 Å². The van der Waals surface area contributed by atoms with Crippen molar-refractivity contribution in [2.45, 2.75) is 58.4 Å². The predicted octanol–water partition coefficient (Wildman–Crippen LogP) is 1.10. The molecule has 0 aromatic carbocycles. The highest BCUT2D eigenvalue weighted by atomic mass is 32.2. The fraction of sp³-hybridized carbons (Fsp3) is 0.789. The first kappa shape index (κ1) is 22.7. The summed E-state index contributed by atoms with van der Waals surface area (Å²) < 4.78 is 0. The van der Waals surface area contributed by atoms with Crippen LogP contribution in [0.15, 0.2) is 5.10 Å². The molecule has 0 aromatic heterocycles. The average Bonchev–Trinajstić information content (AvgIpc) is 3.12. The molecule has 1 atom stereocenters. The van der Waals surface area contributed by atoms with Crippen LogP contribution in [0.5, 0.6) is 0 Å². The van der Waals surface area contributed by atoms with Gasteiger partial charge in [0.15, 0.2) is 5.17 Å². The van der Waals surface area contributed by atoms with Gasteiger partial charge in [-0.1, -0.05) is 44.9 Å². The van der Waals surface area contributed by atoms with Gasteiger partial charge >= 0.3 is 5.91 Å². The number of aliphatic hydroxyl groups excluding tert-OH is 1. The lowest BCUT2D eigenvalue weighted by Crippen LogP contribution is -2.49. The quantitative estimate of drug-likeness (QED) is 0.386. The molecule has 28 heavy (non-hydrogen) atoms. The van der Waals surface area contributed by atoms with Crippen LogP contribution < -0.4 is 10.7 Å². The van der Waals surface area contributed by atoms with Crippen LogP contribution >= 0.6 is 11.8 Å². The fourth-order valence-corrected chi connectivity index (χ4v) is 4.50. The van der Waals surface area contributed by atoms with E-state index in [4.69, 9.17) is 5.11 Å². The maximum atomic E-state index is 12.7. The fourth-order valence-electron chi connectivity index (χ4n) is 3.53. The van der Waals surface area contributed by atoms with Crippen molar-refractivity contribution in [2.75, 3.05) is 25.4 Å². The minimum atomic E-state index is -0.834. The van der Waals surface area contributed by atoms with Gasteiger partial charge in [0.25, 0.3) is 0 Å². The second kappa shape index (κ2) is 11.4. The first-order chi connectivity index (χ1) is 13.4. The van der Waals surface area contributed by atoms with E-state index in [2.05, 4.69) is 15.8 Å². The number of hydrazone groups is 1. The highest BCUT2D eigenvalue weighted by Crippen LogP contribution is 2.24. The zero-order valence-corrected chi connectivity index (χ0v) is 17.6. The Kier molecular flexibility index (Phi) is 9.24. The second-order valence-electron chi connectivity index (χ2n) is 7.78. The number of thioether (sulfide) groups is 1. The molecule has 2 fully saturated rings. The molecule has 1 saturated carbocycles. The molecule has 9 heteroatoms. The van der Waals surface area contributed by atoms with Gasteiger partial charge in [0, 0.05) is 24.8 Å². The summed E-state index contributed by atoms with van der Waals surface area (Å²) in [6.07, 6.45) is 5.29. The lowest BCUT2D eigenvalue weighted by molar-refractivity contribution is -0.140. The van der Waals surface area contributed by atoms with Crippen molar-refractivity contribution in [1.82, 2.24) is 15.6 Å². The van der Waals surface area contributed by atoms with E-state index >= 15 is 0 Å². The summed E-state index contributed by atoms with van der Waals surface area (Å²) in [5.74, 6) is -0.710. The summed E-state index contributed by atoms with van der Waals surface area (Å²) in [6.45, 7) is 5.07. The Hall–Kier alpha value is -1.61. The molecule has 0 spiro atoms. The van der Waals surface area contributed by atoms with Gasteiger partial charge in [-0.25, -0.2) is 5.43 Å². The third-order valence-electron chi connectivity index (χ3n) is 5.03. The molecule has 2 rings (SSSR count). The topological polar surface area (TPSA) is 111 Å². The number of hydrogen-bond donors (Lipinski definition) is 3. The maximum absolute atomic E-state index is 12.7. The molecule has 2 aliphatic rings. The first-order valence-electron chi connectivity index (χ1n) is 10.1. The Balaban J connectivity index is 1.96. The summed E-state index contributed by atoms with van der Waals surface area (Å²) in [6, 6.07) is -0.834. The Morgan fingerprint density at radius 3 is 2.61 bits per heavy atom. The summed E-state index contributed by atoms with van der Waals surface area (Å²) in [5.41, 5.74) is 2.32. The molecular weight excluding hydrogens is 380 g/mol. The number of aliphatic hydroxyl groups is 1. The number of carbonyl (C=O) groups excluding carboxylic acids is 3. The smallest absolute Gasteiger partial charge is 0.309 e. The van der Waals surface area contributed by atoms with E-state index in [-0.39, 0.29) is 24.3 Å². The van der Waals surface area contributed by atoms with Crippen LogP contribution in [0.4, 0.5) is 0 Å². The molecule has 1 aliphatic carbocycles. The molecule has 1 heterocycles. The van der Waals surface area contributed by atoms with Crippen molar-refractivity contribution in [2.24, 2.45) is 16.9 Å². The average molecular weight is 413 g/mol. The molecule has 0 radical (unpaired) electrons. The number of nitrogens with one attached hydrogen (secondary N) is 2. The number of carbonyl (C=O) groups is 3. The van der Waals surface area contributed by atoms with Crippen molar-refractivity contribution < 1.29 is 19.5 Å². The number of rotatable bonds is 9. The molecule has 1 saturated heterocycles. The number of nitrogens with zero attached hydrogens (tertiary/aromatic N) is 2. The van der Waals surface area contributed by atoms with Crippen molar-refractivity contribution in [3.63, 3.8) is 0 Å². The van der Waals surface area contributed by atoms with Crippen LogP contribution in [0, 0.1) is 11.8 Å². The van der Waals surface area contributed by atoms with Gasteiger partial charge in [0.05, 0.1) is 12.6 Å². The Morgan fingerprint density at radius 1 is 1.25 bits per heavy atom. The molecular formula is C19H32N4O4S. The zero-order chi connectivity index (χ0) is 20.5. The van der Waals surface area contributed by atoms with E-state index < -0.39 is 17.7 Å². The molecule has 1 aliphatic heterocycles. The molecule has 0 unspecified atom stereocenters. The number of β-amino-alcohol motifs (C(OH)–C–C–N with tert-alkyl or cyclic N) is 1. The maximum Gasteiger partial charge on any atom is 0.309 e. The Labute approximate surface area is 170 Å². The molecule has 8 nitrogen and oxygen atoms in total. The number of amides is 2. The highest BCUT2D eigenvalue weighted by Gasteiger charge is 2.31. The molecule has 2 amide bonds. The summed E-state index contributed by atoms with van der Waals surface area (Å²) in [7, 11) is 0. The standard InChI is InChI=1S/C19H32N4O4S/c1-13(2)12-15(20-17(26)14-6-4-3-5-7-14)16(25)18(27)21-22-19-23(8-10-24)9-11-28-19/h13-15,24H,3-12H2,1-2H3,(H,20,26)(H,21,27)/b22-19-/t15-/m0/s1. The Morgan fingerprint density at radius 2 is 1.96 bits per heavy atom. The normalized spacial score (nSPS) is 20.4. The molecule has 158 valence electrons. The van der Waals surface area contributed by atoms with E-state index in [1.165, 1.54) is 11.8 Å². The third kappa shape index (κ3) is 6.77. The van der Waals surface area contributed by atoms with Crippen molar-refractivity contribution in [1.29, 1.82) is 0 Å². The van der Waals surface area contributed by atoms with Gasteiger partial charge in [-0.3, -0.25) is 14.4 Å². The van der Waals surface area contributed by atoms with Gasteiger partial charge in [-0.05, 0) is 25.2 Å². The van der Waals surface area contributed by atoms with E-state index in [0.29, 0.717) is 18.1 Å². The highest BCUT2D eigenvalue weighted by molar-refractivity contribution is 8.14. The van der Waals surface area contributed by atoms with Gasteiger partial charge in [-0.15, -0.1) is 5.10 Å². The largest absolute Gasteiger partial charge is 0.395 e. The van der Waals surface area contributed by atoms with Crippen LogP contribution in [0.2, 0.25) is 0 Å². The summed E-state index contributed by atoms with van der Waals surface area (Å²) >= 11 is 1.46. The molecule has 0 aromatic rings. The number of hydrogen-bond acceptors (Lipinski definition) is 6. The van der Waals surface area contributed by atoms with E-state index in [1.807, 2.05) is 18.7 Å². The molecule has 3 N–H and O–H groups in total. The van der Waals surface area contributed by atoms with Crippen molar-refractivity contribution in [3.8, 4) is 0 Å².